The second-order valence-electron chi connectivity index (χ2n) is 6.30. The first kappa shape index (κ1) is 18.8. The van der Waals surface area contributed by atoms with Crippen molar-refractivity contribution in [3.63, 3.8) is 0 Å². The number of hydrogen-bond acceptors (Lipinski definition) is 6. The molecule has 0 atom stereocenters. The maximum absolute atomic E-state index is 12.4. The van der Waals surface area contributed by atoms with Gasteiger partial charge in [-0.3, -0.25) is 9.20 Å². The number of benzene rings is 1. The van der Waals surface area contributed by atoms with Crippen molar-refractivity contribution in [2.24, 2.45) is 0 Å². The van der Waals surface area contributed by atoms with Gasteiger partial charge in [0.2, 0.25) is 0 Å². The average Bonchev–Trinajstić information content (AvgIpc) is 2.60. The Balaban J connectivity index is 1.87. The molecule has 0 saturated heterocycles. The fourth-order valence-corrected chi connectivity index (χ4v) is 3.30. The summed E-state index contributed by atoms with van der Waals surface area (Å²) in [4.78, 5) is 29.0. The lowest BCUT2D eigenvalue weighted by Gasteiger charge is -2.09. The summed E-state index contributed by atoms with van der Waals surface area (Å²) in [5, 5.41) is 0. The zero-order valence-corrected chi connectivity index (χ0v) is 15.9. The maximum Gasteiger partial charge on any atom is 0.338 e. The van der Waals surface area contributed by atoms with Gasteiger partial charge in [0.05, 0.1) is 16.2 Å². The molecule has 0 saturated carbocycles. The molecule has 0 spiro atoms. The first-order valence-corrected chi connectivity index (χ1v) is 10.0. The van der Waals surface area contributed by atoms with Crippen molar-refractivity contribution in [3.8, 4) is 0 Å². The van der Waals surface area contributed by atoms with E-state index in [1.165, 1.54) is 22.6 Å². The predicted octanol–water partition coefficient (Wildman–Crippen LogP) is 2.07. The minimum atomic E-state index is -3.44. The van der Waals surface area contributed by atoms with Gasteiger partial charge in [0.25, 0.3) is 5.56 Å². The molecule has 0 aliphatic rings. The molecular weight excluding hydrogens is 368 g/mol. The van der Waals surface area contributed by atoms with E-state index >= 15 is 0 Å². The van der Waals surface area contributed by atoms with Gasteiger partial charge in [0, 0.05) is 18.5 Å². The van der Waals surface area contributed by atoms with E-state index in [1.54, 1.807) is 25.3 Å². The van der Waals surface area contributed by atoms with E-state index in [9.17, 15) is 18.0 Å². The third-order valence-electron chi connectivity index (χ3n) is 4.15. The Bertz CT molecular complexity index is 1210. The molecule has 0 fully saturated rings. The van der Waals surface area contributed by atoms with Gasteiger partial charge in [-0.1, -0.05) is 12.1 Å². The maximum atomic E-state index is 12.4. The summed E-state index contributed by atoms with van der Waals surface area (Å²) in [6, 6.07) is 9.17. The topological polar surface area (TPSA) is 94.8 Å². The summed E-state index contributed by atoms with van der Waals surface area (Å²) in [5.74, 6) is -0.676. The summed E-state index contributed by atoms with van der Waals surface area (Å²) in [7, 11) is -3.44. The Labute approximate surface area is 156 Å². The van der Waals surface area contributed by atoms with Crippen LogP contribution in [0.15, 0.2) is 52.3 Å². The lowest BCUT2D eigenvalue weighted by molar-refractivity contribution is 0.0466. The lowest BCUT2D eigenvalue weighted by Crippen LogP contribution is -2.17. The van der Waals surface area contributed by atoms with Crippen LogP contribution in [0.3, 0.4) is 0 Å². The second-order valence-corrected chi connectivity index (χ2v) is 8.31. The van der Waals surface area contributed by atoms with Crippen LogP contribution >= 0.6 is 0 Å². The molecule has 0 unspecified atom stereocenters. The van der Waals surface area contributed by atoms with Gasteiger partial charge in [0.15, 0.2) is 9.84 Å². The number of sulfone groups is 1. The van der Waals surface area contributed by atoms with E-state index in [1.807, 2.05) is 13.0 Å². The molecule has 2 aromatic heterocycles. The smallest absolute Gasteiger partial charge is 0.338 e. The SMILES string of the molecule is Cc1ccc(S(C)(=O)=O)cc1C(=O)OCc1cc(=O)n2cccc(C)c2n1. The van der Waals surface area contributed by atoms with Crippen molar-refractivity contribution in [1.29, 1.82) is 0 Å². The van der Waals surface area contributed by atoms with Gasteiger partial charge in [-0.15, -0.1) is 0 Å². The number of aryl methyl sites for hydroxylation is 2. The number of esters is 1. The molecule has 3 aromatic rings. The standard InChI is InChI=1S/C19H18N2O5S/c1-12-6-7-15(27(3,24)25)10-16(12)19(23)26-11-14-9-17(22)21-8-4-5-13(2)18(21)20-14/h4-10H,11H2,1-3H3. The van der Waals surface area contributed by atoms with Crippen molar-refractivity contribution in [2.45, 2.75) is 25.3 Å². The average molecular weight is 386 g/mol. The van der Waals surface area contributed by atoms with Crippen LogP contribution in [0.4, 0.5) is 0 Å². The zero-order chi connectivity index (χ0) is 19.8. The van der Waals surface area contributed by atoms with Gasteiger partial charge < -0.3 is 4.74 Å². The first-order chi connectivity index (χ1) is 12.7. The van der Waals surface area contributed by atoms with Crippen LogP contribution in [-0.4, -0.2) is 30.0 Å². The van der Waals surface area contributed by atoms with E-state index in [2.05, 4.69) is 4.98 Å². The van der Waals surface area contributed by atoms with Crippen LogP contribution in [0.2, 0.25) is 0 Å². The molecule has 0 radical (unpaired) electrons. The van der Waals surface area contributed by atoms with Crippen LogP contribution in [0, 0.1) is 13.8 Å². The third-order valence-corrected chi connectivity index (χ3v) is 5.26. The molecule has 0 aliphatic carbocycles. The van der Waals surface area contributed by atoms with Gasteiger partial charge in [-0.25, -0.2) is 18.2 Å². The molecular formula is C19H18N2O5S. The van der Waals surface area contributed by atoms with Gasteiger partial charge >= 0.3 is 5.97 Å². The van der Waals surface area contributed by atoms with Crippen molar-refractivity contribution < 1.29 is 17.9 Å². The lowest BCUT2D eigenvalue weighted by atomic mass is 10.1. The molecule has 27 heavy (non-hydrogen) atoms. The van der Waals surface area contributed by atoms with E-state index in [-0.39, 0.29) is 22.6 Å². The molecule has 0 amide bonds. The van der Waals surface area contributed by atoms with Crippen LogP contribution < -0.4 is 5.56 Å². The van der Waals surface area contributed by atoms with E-state index in [0.717, 1.165) is 11.8 Å². The first-order valence-electron chi connectivity index (χ1n) is 8.12. The van der Waals surface area contributed by atoms with Crippen molar-refractivity contribution >= 4 is 21.5 Å². The Morgan fingerprint density at radius 2 is 1.89 bits per heavy atom. The fraction of sp³-hybridized carbons (Fsp3) is 0.211. The number of ether oxygens (including phenoxy) is 1. The number of carbonyl (C=O) groups is 1. The number of carbonyl (C=O) groups excluding carboxylic acids is 1. The Morgan fingerprint density at radius 3 is 2.59 bits per heavy atom. The molecule has 2 heterocycles. The molecule has 1 aromatic carbocycles. The quantitative estimate of drug-likeness (QED) is 0.637. The van der Waals surface area contributed by atoms with E-state index in [4.69, 9.17) is 4.74 Å². The Kier molecular flexibility index (Phi) is 4.84. The number of hydrogen-bond donors (Lipinski definition) is 0. The van der Waals surface area contributed by atoms with Crippen molar-refractivity contribution in [3.05, 3.63) is 75.3 Å². The van der Waals surface area contributed by atoms with Crippen molar-refractivity contribution in [1.82, 2.24) is 9.38 Å². The largest absolute Gasteiger partial charge is 0.456 e. The van der Waals surface area contributed by atoms with Crippen LogP contribution in [0.5, 0.6) is 0 Å². The highest BCUT2D eigenvalue weighted by molar-refractivity contribution is 7.90. The summed E-state index contributed by atoms with van der Waals surface area (Å²) in [6.45, 7) is 3.33. The highest BCUT2D eigenvalue weighted by atomic mass is 32.2. The highest BCUT2D eigenvalue weighted by Crippen LogP contribution is 2.17. The van der Waals surface area contributed by atoms with Crippen LogP contribution in [0.1, 0.15) is 27.2 Å². The van der Waals surface area contributed by atoms with Crippen molar-refractivity contribution in [2.75, 3.05) is 6.26 Å². The van der Waals surface area contributed by atoms with Gasteiger partial charge in [-0.05, 0) is 43.2 Å². The molecule has 8 heteroatoms. The summed E-state index contributed by atoms with van der Waals surface area (Å²) >= 11 is 0. The molecule has 0 aliphatic heterocycles. The van der Waals surface area contributed by atoms with Gasteiger partial charge in [-0.2, -0.15) is 0 Å². The number of nitrogens with zero attached hydrogens (tertiary/aromatic N) is 2. The summed E-state index contributed by atoms with van der Waals surface area (Å²) in [5.41, 5.74) is 2.11. The number of aromatic nitrogens is 2. The summed E-state index contributed by atoms with van der Waals surface area (Å²) < 4.78 is 30.1. The van der Waals surface area contributed by atoms with Crippen LogP contribution in [0.25, 0.3) is 5.65 Å². The molecule has 0 N–H and O–H groups in total. The molecule has 7 nitrogen and oxygen atoms in total. The minimum Gasteiger partial charge on any atom is -0.456 e. The number of pyridine rings is 1. The van der Waals surface area contributed by atoms with E-state index in [0.29, 0.717) is 16.9 Å². The van der Waals surface area contributed by atoms with Gasteiger partial charge in [0.1, 0.15) is 12.3 Å². The molecule has 3 rings (SSSR count). The molecule has 140 valence electrons. The highest BCUT2D eigenvalue weighted by Gasteiger charge is 2.16. The summed E-state index contributed by atoms with van der Waals surface area (Å²) in [6.07, 6.45) is 2.69. The predicted molar refractivity (Wildman–Crippen MR) is 99.6 cm³/mol. The Hall–Kier alpha value is -3.00. The second kappa shape index (κ2) is 6.96. The Morgan fingerprint density at radius 1 is 1.15 bits per heavy atom. The number of fused-ring (bicyclic) bond motifs is 1. The van der Waals surface area contributed by atoms with E-state index < -0.39 is 15.8 Å². The third kappa shape index (κ3) is 3.90. The fourth-order valence-electron chi connectivity index (χ4n) is 2.65. The normalized spacial score (nSPS) is 11.5. The minimum absolute atomic E-state index is 0.0396. The van der Waals surface area contributed by atoms with Crippen LogP contribution in [-0.2, 0) is 21.2 Å². The monoisotopic (exact) mass is 386 g/mol. The molecule has 0 bridgehead atoms. The number of rotatable bonds is 4. The zero-order valence-electron chi connectivity index (χ0n) is 15.1.